The van der Waals surface area contributed by atoms with Crippen LogP contribution in [0.3, 0.4) is 0 Å². The first-order valence-electron chi connectivity index (χ1n) is 11.9. The number of benzene rings is 3. The lowest BCUT2D eigenvalue weighted by Crippen LogP contribution is -2.41. The van der Waals surface area contributed by atoms with Crippen LogP contribution in [0.2, 0.25) is 0 Å². The number of rotatable bonds is 4. The molecule has 2 aliphatic rings. The van der Waals surface area contributed by atoms with E-state index >= 15 is 0 Å². The highest BCUT2D eigenvalue weighted by Gasteiger charge is 2.46. The highest BCUT2D eigenvalue weighted by Crippen LogP contribution is 2.51. The highest BCUT2D eigenvalue weighted by atomic mass is 32.2. The van der Waals surface area contributed by atoms with Gasteiger partial charge < -0.3 is 9.87 Å². The second-order valence-electron chi connectivity index (χ2n) is 9.67. The Labute approximate surface area is 204 Å². The maximum absolute atomic E-state index is 13.3. The summed E-state index contributed by atoms with van der Waals surface area (Å²) in [5, 5.41) is 8.51. The van der Waals surface area contributed by atoms with Crippen molar-refractivity contribution in [3.63, 3.8) is 0 Å². The minimum absolute atomic E-state index is 0.0477. The van der Waals surface area contributed by atoms with Crippen molar-refractivity contribution in [2.45, 2.75) is 56.4 Å². The summed E-state index contributed by atoms with van der Waals surface area (Å²) in [5.41, 5.74) is 8.42. The molecule has 3 aromatic carbocycles. The zero-order valence-corrected chi connectivity index (χ0v) is 20.6. The van der Waals surface area contributed by atoms with Crippen LogP contribution in [-0.4, -0.2) is 17.1 Å². The molecule has 176 valence electrons. The van der Waals surface area contributed by atoms with Crippen LogP contribution >= 0.6 is 0 Å². The van der Waals surface area contributed by atoms with Crippen molar-refractivity contribution in [3.8, 4) is 11.1 Å². The molecule has 1 saturated carbocycles. The monoisotopic (exact) mass is 473 g/mol. The molecule has 0 bridgehead atoms. The third kappa shape index (κ3) is 4.11. The molecule has 5 rings (SSSR count). The summed E-state index contributed by atoms with van der Waals surface area (Å²) in [6, 6.07) is 20.2. The van der Waals surface area contributed by atoms with E-state index in [4.69, 9.17) is 5.14 Å². The van der Waals surface area contributed by atoms with E-state index in [1.165, 1.54) is 40.7 Å². The molecule has 34 heavy (non-hydrogen) atoms. The SMILES string of the molecule is Cc1cccc(C)c1-c1ccc2c(c1)C1(CCCC1)CN2C(=O)NCc1ccc([S+](N)[O-])cc1. The van der Waals surface area contributed by atoms with E-state index in [2.05, 4.69) is 55.6 Å². The molecule has 1 aliphatic carbocycles. The fourth-order valence-corrected chi connectivity index (χ4v) is 6.17. The van der Waals surface area contributed by atoms with Crippen molar-refractivity contribution < 1.29 is 9.35 Å². The van der Waals surface area contributed by atoms with Gasteiger partial charge in [-0.3, -0.25) is 4.90 Å². The fraction of sp³-hybridized carbons (Fsp3) is 0.321. The van der Waals surface area contributed by atoms with Crippen molar-refractivity contribution in [3.05, 3.63) is 82.9 Å². The van der Waals surface area contributed by atoms with Crippen LogP contribution in [0.4, 0.5) is 10.5 Å². The quantitative estimate of drug-likeness (QED) is 0.492. The van der Waals surface area contributed by atoms with Crippen LogP contribution in [0.5, 0.6) is 0 Å². The Kier molecular flexibility index (Phi) is 6.15. The van der Waals surface area contributed by atoms with Gasteiger partial charge in [0.25, 0.3) is 0 Å². The summed E-state index contributed by atoms with van der Waals surface area (Å²) in [7, 11) is 0. The largest absolute Gasteiger partial charge is 0.593 e. The number of amides is 2. The Balaban J connectivity index is 1.42. The van der Waals surface area contributed by atoms with Gasteiger partial charge in [-0.1, -0.05) is 49.2 Å². The van der Waals surface area contributed by atoms with Gasteiger partial charge in [0.15, 0.2) is 4.90 Å². The van der Waals surface area contributed by atoms with Crippen molar-refractivity contribution in [1.82, 2.24) is 5.32 Å². The number of aryl methyl sites for hydroxylation is 2. The molecule has 3 aromatic rings. The average Bonchev–Trinajstić information content (AvgIpc) is 3.43. The zero-order chi connectivity index (χ0) is 23.9. The van der Waals surface area contributed by atoms with Crippen LogP contribution in [0, 0.1) is 13.8 Å². The molecule has 1 unspecified atom stereocenters. The maximum Gasteiger partial charge on any atom is 0.322 e. The molecule has 2 amide bonds. The highest BCUT2D eigenvalue weighted by molar-refractivity contribution is 7.89. The van der Waals surface area contributed by atoms with Crippen molar-refractivity contribution in [2.24, 2.45) is 5.14 Å². The van der Waals surface area contributed by atoms with E-state index in [9.17, 15) is 9.35 Å². The number of hydrogen-bond donors (Lipinski definition) is 2. The topological polar surface area (TPSA) is 81.4 Å². The first-order valence-corrected chi connectivity index (χ1v) is 13.1. The number of hydrogen-bond acceptors (Lipinski definition) is 3. The van der Waals surface area contributed by atoms with Gasteiger partial charge in [0.1, 0.15) is 0 Å². The third-order valence-electron chi connectivity index (χ3n) is 7.49. The summed E-state index contributed by atoms with van der Waals surface area (Å²) in [5.74, 6) is 0. The van der Waals surface area contributed by atoms with Gasteiger partial charge in [-0.05, 0) is 84.3 Å². The van der Waals surface area contributed by atoms with Crippen molar-refractivity contribution in [1.29, 1.82) is 0 Å². The number of anilines is 1. The van der Waals surface area contributed by atoms with E-state index < -0.39 is 11.4 Å². The smallest absolute Gasteiger partial charge is 0.322 e. The summed E-state index contributed by atoms with van der Waals surface area (Å²) < 4.78 is 11.4. The zero-order valence-electron chi connectivity index (χ0n) is 19.8. The molecule has 0 aromatic heterocycles. The van der Waals surface area contributed by atoms with Crippen molar-refractivity contribution >= 4 is 23.1 Å². The standard InChI is InChI=1S/C28H31N3O2S/c1-19-6-5-7-20(2)26(19)22-10-13-25-24(16-22)28(14-3-4-15-28)18-31(25)27(32)30-17-21-8-11-23(12-9-21)34(29)33/h5-13,16H,3-4,14-15,17-18,29H2,1-2H3,(H,30,32). The molecule has 5 nitrogen and oxygen atoms in total. The van der Waals surface area contributed by atoms with Gasteiger partial charge in [-0.15, -0.1) is 5.14 Å². The first-order chi connectivity index (χ1) is 16.4. The normalized spacial score (nSPS) is 17.1. The van der Waals surface area contributed by atoms with Crippen LogP contribution in [-0.2, 0) is 23.3 Å². The third-order valence-corrected chi connectivity index (χ3v) is 8.23. The Morgan fingerprint density at radius 2 is 1.74 bits per heavy atom. The Hall–Kier alpha value is -2.80. The van der Waals surface area contributed by atoms with E-state index in [0.717, 1.165) is 30.6 Å². The minimum atomic E-state index is -1.50. The lowest BCUT2D eigenvalue weighted by molar-refractivity contribution is 0.245. The van der Waals surface area contributed by atoms with E-state index in [1.54, 1.807) is 12.1 Å². The van der Waals surface area contributed by atoms with Gasteiger partial charge >= 0.3 is 6.03 Å². The van der Waals surface area contributed by atoms with E-state index in [0.29, 0.717) is 11.4 Å². The molecule has 1 spiro atoms. The molecule has 1 heterocycles. The molecular weight excluding hydrogens is 442 g/mol. The molecule has 1 fully saturated rings. The number of nitrogens with zero attached hydrogens (tertiary/aromatic N) is 1. The van der Waals surface area contributed by atoms with Crippen LogP contribution in [0.25, 0.3) is 11.1 Å². The van der Waals surface area contributed by atoms with Gasteiger partial charge in [0.05, 0.1) is 11.4 Å². The average molecular weight is 474 g/mol. The molecule has 1 atom stereocenters. The maximum atomic E-state index is 13.3. The predicted octanol–water partition coefficient (Wildman–Crippen LogP) is 5.49. The molecule has 0 saturated heterocycles. The predicted molar refractivity (Wildman–Crippen MR) is 138 cm³/mol. The van der Waals surface area contributed by atoms with Gasteiger partial charge in [-0.25, -0.2) is 4.79 Å². The van der Waals surface area contributed by atoms with Crippen molar-refractivity contribution in [2.75, 3.05) is 11.4 Å². The number of carbonyl (C=O) groups is 1. The molecule has 3 N–H and O–H groups in total. The van der Waals surface area contributed by atoms with Crippen LogP contribution in [0.15, 0.2) is 65.6 Å². The summed E-state index contributed by atoms with van der Waals surface area (Å²) in [6.07, 6.45) is 4.66. The van der Waals surface area contributed by atoms with E-state index in [-0.39, 0.29) is 11.4 Å². The molecule has 1 aliphatic heterocycles. The summed E-state index contributed by atoms with van der Waals surface area (Å²) in [6.45, 7) is 5.47. The van der Waals surface area contributed by atoms with Gasteiger partial charge in [0, 0.05) is 24.2 Å². The first kappa shape index (κ1) is 23.0. The lowest BCUT2D eigenvalue weighted by Gasteiger charge is -2.25. The number of fused-ring (bicyclic) bond motifs is 2. The fourth-order valence-electron chi connectivity index (χ4n) is 5.77. The number of urea groups is 1. The van der Waals surface area contributed by atoms with Gasteiger partial charge in [0.2, 0.25) is 0 Å². The Morgan fingerprint density at radius 1 is 1.06 bits per heavy atom. The van der Waals surface area contributed by atoms with Gasteiger partial charge in [-0.2, -0.15) is 0 Å². The van der Waals surface area contributed by atoms with Crippen LogP contribution < -0.4 is 15.4 Å². The molecule has 0 radical (unpaired) electrons. The Morgan fingerprint density at radius 3 is 2.38 bits per heavy atom. The lowest BCUT2D eigenvalue weighted by atomic mass is 9.79. The minimum Gasteiger partial charge on any atom is -0.593 e. The second-order valence-corrected chi connectivity index (χ2v) is 10.7. The van der Waals surface area contributed by atoms with Crippen LogP contribution in [0.1, 0.15) is 47.9 Å². The Bertz CT molecular complexity index is 1200. The number of nitrogens with one attached hydrogen (secondary N) is 1. The van der Waals surface area contributed by atoms with E-state index in [1.807, 2.05) is 17.0 Å². The second kappa shape index (κ2) is 9.10. The summed E-state index contributed by atoms with van der Waals surface area (Å²) >= 11 is -1.50. The molecular formula is C28H31N3O2S. The molecule has 6 heteroatoms. The summed E-state index contributed by atoms with van der Waals surface area (Å²) in [4.78, 5) is 15.8. The number of nitrogens with two attached hydrogens (primary N) is 1. The number of carbonyl (C=O) groups excluding carboxylic acids is 1.